The van der Waals surface area contributed by atoms with Gasteiger partial charge in [0.15, 0.2) is 0 Å². The maximum absolute atomic E-state index is 4.14. The summed E-state index contributed by atoms with van der Waals surface area (Å²) >= 11 is 1.77. The summed E-state index contributed by atoms with van der Waals surface area (Å²) in [6.45, 7) is 1.06. The van der Waals surface area contributed by atoms with Crippen molar-refractivity contribution in [2.45, 2.75) is 55.8 Å². The molecule has 0 bridgehead atoms. The molecule has 1 aromatic rings. The molecule has 94 valence electrons. The van der Waals surface area contributed by atoms with Crippen LogP contribution in [0.4, 0.5) is 0 Å². The van der Waals surface area contributed by atoms with Crippen molar-refractivity contribution in [1.82, 2.24) is 25.5 Å². The number of thioether (sulfide) groups is 1. The van der Waals surface area contributed by atoms with E-state index in [-0.39, 0.29) is 0 Å². The van der Waals surface area contributed by atoms with Crippen molar-refractivity contribution in [2.75, 3.05) is 12.3 Å². The molecule has 2 fully saturated rings. The molecule has 0 atom stereocenters. The lowest BCUT2D eigenvalue weighted by Gasteiger charge is -2.10. The number of aromatic nitrogens is 4. The van der Waals surface area contributed by atoms with Crippen molar-refractivity contribution >= 4 is 11.8 Å². The van der Waals surface area contributed by atoms with E-state index in [4.69, 9.17) is 0 Å². The van der Waals surface area contributed by atoms with Crippen molar-refractivity contribution in [3.63, 3.8) is 0 Å². The summed E-state index contributed by atoms with van der Waals surface area (Å²) in [4.78, 5) is 0. The Labute approximate surface area is 106 Å². The highest BCUT2D eigenvalue weighted by Crippen LogP contribution is 2.31. The maximum Gasteiger partial charge on any atom is 0.209 e. The van der Waals surface area contributed by atoms with Crippen LogP contribution in [0.25, 0.3) is 0 Å². The minimum Gasteiger partial charge on any atom is -0.313 e. The monoisotopic (exact) mass is 253 g/mol. The Morgan fingerprint density at radius 1 is 1.24 bits per heavy atom. The van der Waals surface area contributed by atoms with Crippen molar-refractivity contribution in [3.05, 3.63) is 0 Å². The summed E-state index contributed by atoms with van der Waals surface area (Å²) in [6.07, 6.45) is 7.81. The predicted molar refractivity (Wildman–Crippen MR) is 67.1 cm³/mol. The lowest BCUT2D eigenvalue weighted by molar-refractivity contribution is 0.423. The molecule has 0 radical (unpaired) electrons. The molecule has 1 aromatic heterocycles. The smallest absolute Gasteiger partial charge is 0.209 e. The molecule has 3 rings (SSSR count). The molecule has 0 amide bonds. The van der Waals surface area contributed by atoms with Crippen molar-refractivity contribution < 1.29 is 0 Å². The lowest BCUT2D eigenvalue weighted by Crippen LogP contribution is -2.19. The van der Waals surface area contributed by atoms with E-state index in [1.807, 2.05) is 4.68 Å². The van der Waals surface area contributed by atoms with Crippen LogP contribution >= 0.6 is 11.8 Å². The van der Waals surface area contributed by atoms with Crippen LogP contribution in [0.1, 0.15) is 44.6 Å². The van der Waals surface area contributed by atoms with Gasteiger partial charge in [-0.05, 0) is 36.1 Å². The van der Waals surface area contributed by atoms with Crippen LogP contribution in [0, 0.1) is 0 Å². The van der Waals surface area contributed by atoms with Gasteiger partial charge in [-0.1, -0.05) is 24.6 Å². The molecule has 0 unspecified atom stereocenters. The molecule has 5 nitrogen and oxygen atoms in total. The Bertz CT molecular complexity index is 356. The fourth-order valence-corrected chi connectivity index (χ4v) is 3.17. The molecule has 0 spiro atoms. The molecule has 2 aliphatic rings. The Kier molecular flexibility index (Phi) is 3.61. The van der Waals surface area contributed by atoms with Gasteiger partial charge in [-0.3, -0.25) is 0 Å². The summed E-state index contributed by atoms with van der Waals surface area (Å²) in [6, 6.07) is 1.34. The van der Waals surface area contributed by atoms with Crippen LogP contribution in [-0.2, 0) is 0 Å². The molecule has 0 aromatic carbocycles. The topological polar surface area (TPSA) is 55.6 Å². The van der Waals surface area contributed by atoms with E-state index in [0.717, 1.165) is 23.5 Å². The summed E-state index contributed by atoms with van der Waals surface area (Å²) in [7, 11) is 0. The van der Waals surface area contributed by atoms with Crippen LogP contribution in [0.2, 0.25) is 0 Å². The first kappa shape index (κ1) is 11.5. The molecule has 0 saturated heterocycles. The van der Waals surface area contributed by atoms with Gasteiger partial charge in [-0.2, -0.15) is 0 Å². The third-order valence-electron chi connectivity index (χ3n) is 3.48. The van der Waals surface area contributed by atoms with E-state index in [2.05, 4.69) is 20.8 Å². The number of hydrogen-bond donors (Lipinski definition) is 1. The van der Waals surface area contributed by atoms with Crippen molar-refractivity contribution in [2.24, 2.45) is 0 Å². The van der Waals surface area contributed by atoms with Crippen LogP contribution in [-0.4, -0.2) is 38.5 Å². The van der Waals surface area contributed by atoms with E-state index in [0.29, 0.717) is 6.04 Å². The number of rotatable bonds is 6. The zero-order valence-corrected chi connectivity index (χ0v) is 10.8. The second-order valence-electron chi connectivity index (χ2n) is 4.92. The Balaban J connectivity index is 1.49. The molecule has 2 saturated carbocycles. The van der Waals surface area contributed by atoms with Gasteiger partial charge < -0.3 is 5.32 Å². The average Bonchev–Trinajstić information content (AvgIpc) is 2.82. The van der Waals surface area contributed by atoms with Crippen LogP contribution in [0.5, 0.6) is 0 Å². The van der Waals surface area contributed by atoms with Gasteiger partial charge in [0, 0.05) is 18.3 Å². The van der Waals surface area contributed by atoms with E-state index in [1.54, 1.807) is 11.8 Å². The molecule has 1 N–H and O–H groups in total. The second kappa shape index (κ2) is 5.35. The Hall–Kier alpha value is -0.620. The maximum atomic E-state index is 4.14. The standard InChI is InChI=1S/C11H19N5S/c1-2-4-10(3-1)16-11(13-14-15-16)17-8-7-12-9-5-6-9/h9-10,12H,1-8H2. The summed E-state index contributed by atoms with van der Waals surface area (Å²) in [5, 5.41) is 16.6. The molecule has 17 heavy (non-hydrogen) atoms. The van der Waals surface area contributed by atoms with Gasteiger partial charge in [-0.15, -0.1) is 5.10 Å². The van der Waals surface area contributed by atoms with Gasteiger partial charge in [0.05, 0.1) is 6.04 Å². The second-order valence-corrected chi connectivity index (χ2v) is 5.98. The Morgan fingerprint density at radius 3 is 2.82 bits per heavy atom. The minimum absolute atomic E-state index is 0.545. The highest BCUT2D eigenvalue weighted by molar-refractivity contribution is 7.99. The third kappa shape index (κ3) is 2.98. The van der Waals surface area contributed by atoms with E-state index in [9.17, 15) is 0 Å². The molecular formula is C11H19N5S. The van der Waals surface area contributed by atoms with E-state index >= 15 is 0 Å². The summed E-state index contributed by atoms with van der Waals surface area (Å²) in [5.41, 5.74) is 0. The van der Waals surface area contributed by atoms with Gasteiger partial charge in [0.2, 0.25) is 5.16 Å². The highest BCUT2D eigenvalue weighted by atomic mass is 32.2. The first-order valence-electron chi connectivity index (χ1n) is 6.57. The highest BCUT2D eigenvalue weighted by Gasteiger charge is 2.22. The van der Waals surface area contributed by atoms with Gasteiger partial charge in [0.25, 0.3) is 0 Å². The molecule has 1 heterocycles. The normalized spacial score (nSPS) is 21.2. The molecule has 0 aliphatic heterocycles. The molecule has 2 aliphatic carbocycles. The van der Waals surface area contributed by atoms with Gasteiger partial charge in [0.1, 0.15) is 0 Å². The number of nitrogens with one attached hydrogen (secondary N) is 1. The summed E-state index contributed by atoms with van der Waals surface area (Å²) in [5.74, 6) is 1.06. The zero-order chi connectivity index (χ0) is 11.5. The van der Waals surface area contributed by atoms with Crippen LogP contribution in [0.3, 0.4) is 0 Å². The predicted octanol–water partition coefficient (Wildman–Crippen LogP) is 1.63. The number of nitrogens with zero attached hydrogens (tertiary/aromatic N) is 4. The Morgan fingerprint density at radius 2 is 2.06 bits per heavy atom. The SMILES string of the molecule is C1CCC(n2nnnc2SCCNC2CC2)C1. The quantitative estimate of drug-likeness (QED) is 0.617. The van der Waals surface area contributed by atoms with Crippen LogP contribution in [0.15, 0.2) is 5.16 Å². The fraction of sp³-hybridized carbons (Fsp3) is 0.909. The number of hydrogen-bond acceptors (Lipinski definition) is 5. The van der Waals surface area contributed by atoms with E-state index < -0.39 is 0 Å². The number of tetrazole rings is 1. The van der Waals surface area contributed by atoms with Gasteiger partial charge >= 0.3 is 0 Å². The first-order chi connectivity index (χ1) is 8.43. The van der Waals surface area contributed by atoms with Crippen molar-refractivity contribution in [3.8, 4) is 0 Å². The third-order valence-corrected chi connectivity index (χ3v) is 4.41. The largest absolute Gasteiger partial charge is 0.313 e. The molecule has 6 heteroatoms. The summed E-state index contributed by atoms with van der Waals surface area (Å²) < 4.78 is 2.04. The van der Waals surface area contributed by atoms with Gasteiger partial charge in [-0.25, -0.2) is 4.68 Å². The van der Waals surface area contributed by atoms with Crippen LogP contribution < -0.4 is 5.32 Å². The fourth-order valence-electron chi connectivity index (χ4n) is 2.35. The minimum atomic E-state index is 0.545. The zero-order valence-electron chi connectivity index (χ0n) is 10.0. The first-order valence-corrected chi connectivity index (χ1v) is 7.56. The molecular weight excluding hydrogens is 234 g/mol. The van der Waals surface area contributed by atoms with Crippen molar-refractivity contribution in [1.29, 1.82) is 0 Å². The lowest BCUT2D eigenvalue weighted by atomic mass is 10.3. The van der Waals surface area contributed by atoms with E-state index in [1.165, 1.54) is 38.5 Å². The average molecular weight is 253 g/mol.